The zero-order valence-electron chi connectivity index (χ0n) is 10.6. The Morgan fingerprint density at radius 2 is 2.39 bits per heavy atom. The lowest BCUT2D eigenvalue weighted by atomic mass is 10.4. The summed E-state index contributed by atoms with van der Waals surface area (Å²) >= 11 is 1.78. The second kappa shape index (κ2) is 7.71. The molecule has 0 bridgehead atoms. The normalized spacial score (nSPS) is 9.89. The number of hydrogen-bond acceptors (Lipinski definition) is 6. The lowest BCUT2D eigenvalue weighted by Gasteiger charge is -2.07. The Hall–Kier alpha value is -1.56. The van der Waals surface area contributed by atoms with E-state index in [2.05, 4.69) is 26.6 Å². The quantitative estimate of drug-likeness (QED) is 0.462. The van der Waals surface area contributed by atoms with Crippen molar-refractivity contribution in [2.24, 2.45) is 0 Å². The summed E-state index contributed by atoms with van der Waals surface area (Å²) in [4.78, 5) is 19.5. The van der Waals surface area contributed by atoms with E-state index in [0.29, 0.717) is 5.82 Å². The first-order valence-corrected chi connectivity index (χ1v) is 6.69. The summed E-state index contributed by atoms with van der Waals surface area (Å²) in [6.45, 7) is 6.24. The van der Waals surface area contributed by atoms with E-state index in [1.807, 2.05) is 13.0 Å². The van der Waals surface area contributed by atoms with E-state index < -0.39 is 5.97 Å². The Morgan fingerprint density at radius 3 is 3.06 bits per heavy atom. The fourth-order valence-corrected chi connectivity index (χ4v) is 1.84. The Bertz CT molecular complexity index is 424. The predicted molar refractivity (Wildman–Crippen MR) is 74.1 cm³/mol. The number of thioether (sulfide) groups is 1. The van der Waals surface area contributed by atoms with Crippen LogP contribution in [0.5, 0.6) is 0 Å². The number of methoxy groups -OCH3 is 1. The number of aryl methyl sites for hydroxylation is 1. The first kappa shape index (κ1) is 14.5. The number of carbonyl (C=O) groups is 1. The molecule has 0 spiro atoms. The molecule has 1 aromatic rings. The van der Waals surface area contributed by atoms with E-state index in [4.69, 9.17) is 0 Å². The highest BCUT2D eigenvalue weighted by Gasteiger charge is 2.10. The summed E-state index contributed by atoms with van der Waals surface area (Å²) in [6.07, 6.45) is 1.87. The Labute approximate surface area is 111 Å². The molecule has 0 fully saturated rings. The third-order valence-corrected chi connectivity index (χ3v) is 2.97. The maximum Gasteiger partial charge on any atom is 0.376 e. The van der Waals surface area contributed by atoms with Gasteiger partial charge >= 0.3 is 5.97 Å². The first-order chi connectivity index (χ1) is 8.67. The monoisotopic (exact) mass is 267 g/mol. The van der Waals surface area contributed by atoms with Crippen molar-refractivity contribution in [3.05, 3.63) is 30.2 Å². The molecule has 6 heteroatoms. The number of nitrogens with one attached hydrogen (secondary N) is 1. The van der Waals surface area contributed by atoms with E-state index >= 15 is 0 Å². The van der Waals surface area contributed by atoms with Gasteiger partial charge in [-0.05, 0) is 6.92 Å². The Balaban J connectivity index is 2.57. The van der Waals surface area contributed by atoms with Crippen LogP contribution < -0.4 is 5.32 Å². The minimum Gasteiger partial charge on any atom is -0.463 e. The minimum absolute atomic E-state index is 0.0822. The molecule has 0 aliphatic carbocycles. The van der Waals surface area contributed by atoms with E-state index in [0.717, 1.165) is 23.7 Å². The molecule has 1 aromatic heterocycles. The lowest BCUT2D eigenvalue weighted by Crippen LogP contribution is -2.12. The molecule has 18 heavy (non-hydrogen) atoms. The first-order valence-electron chi connectivity index (χ1n) is 5.54. The van der Waals surface area contributed by atoms with Gasteiger partial charge in [-0.15, -0.1) is 6.58 Å². The molecule has 5 nitrogen and oxygen atoms in total. The van der Waals surface area contributed by atoms with E-state index in [9.17, 15) is 4.79 Å². The number of carbonyl (C=O) groups excluding carboxylic acids is 1. The maximum absolute atomic E-state index is 11.3. The van der Waals surface area contributed by atoms with Gasteiger partial charge in [0.2, 0.25) is 5.82 Å². The zero-order chi connectivity index (χ0) is 13.4. The highest BCUT2D eigenvalue weighted by atomic mass is 32.2. The van der Waals surface area contributed by atoms with E-state index in [1.54, 1.807) is 17.8 Å². The van der Waals surface area contributed by atoms with Gasteiger partial charge in [0.15, 0.2) is 0 Å². The molecule has 0 amide bonds. The molecule has 1 heterocycles. The van der Waals surface area contributed by atoms with Gasteiger partial charge in [0.1, 0.15) is 5.82 Å². The molecule has 0 saturated carbocycles. The summed E-state index contributed by atoms with van der Waals surface area (Å²) in [6, 6.07) is 1.80. The van der Waals surface area contributed by atoms with Gasteiger partial charge in [0.05, 0.1) is 7.11 Å². The van der Waals surface area contributed by atoms with Crippen LogP contribution in [0, 0.1) is 6.92 Å². The summed E-state index contributed by atoms with van der Waals surface area (Å²) in [5.74, 6) is 2.07. The Morgan fingerprint density at radius 1 is 1.61 bits per heavy atom. The van der Waals surface area contributed by atoms with Crippen molar-refractivity contribution in [3.63, 3.8) is 0 Å². The fourth-order valence-electron chi connectivity index (χ4n) is 1.26. The summed E-state index contributed by atoms with van der Waals surface area (Å²) in [5, 5.41) is 3.15. The Kier molecular flexibility index (Phi) is 6.21. The van der Waals surface area contributed by atoms with Crippen LogP contribution >= 0.6 is 11.8 Å². The molecule has 0 aromatic carbocycles. The molecule has 0 aliphatic heterocycles. The number of anilines is 1. The van der Waals surface area contributed by atoms with Crippen LogP contribution in [-0.2, 0) is 4.74 Å². The molecule has 0 atom stereocenters. The number of esters is 1. The predicted octanol–water partition coefficient (Wildman–Crippen LogP) is 1.90. The summed E-state index contributed by atoms with van der Waals surface area (Å²) < 4.78 is 4.60. The largest absolute Gasteiger partial charge is 0.463 e. The molecular weight excluding hydrogens is 250 g/mol. The number of rotatable bonds is 7. The third-order valence-electron chi connectivity index (χ3n) is 2.01. The highest BCUT2D eigenvalue weighted by Crippen LogP contribution is 2.07. The second-order valence-electron chi connectivity index (χ2n) is 3.50. The fraction of sp³-hybridized carbons (Fsp3) is 0.417. The molecule has 1 N–H and O–H groups in total. The SMILES string of the molecule is C=CCSCCNc1cc(C)nc(C(=O)OC)n1. The van der Waals surface area contributed by atoms with Crippen molar-refractivity contribution in [1.82, 2.24) is 9.97 Å². The smallest absolute Gasteiger partial charge is 0.376 e. The number of nitrogens with zero attached hydrogens (tertiary/aromatic N) is 2. The standard InChI is InChI=1S/C12H17N3O2S/c1-4-6-18-7-5-13-10-8-9(2)14-11(15-10)12(16)17-3/h4,8H,1,5-7H2,2-3H3,(H,13,14,15). The summed E-state index contributed by atoms with van der Waals surface area (Å²) in [7, 11) is 1.31. The van der Waals surface area contributed by atoms with Gasteiger partial charge in [0.25, 0.3) is 0 Å². The zero-order valence-corrected chi connectivity index (χ0v) is 11.4. The van der Waals surface area contributed by atoms with Crippen LogP contribution in [0.2, 0.25) is 0 Å². The van der Waals surface area contributed by atoms with Crippen LogP contribution in [-0.4, -0.2) is 41.1 Å². The average molecular weight is 267 g/mol. The molecule has 0 unspecified atom stereocenters. The van der Waals surface area contributed by atoms with Crippen molar-refractivity contribution in [2.45, 2.75) is 6.92 Å². The molecular formula is C12H17N3O2S. The molecule has 0 aliphatic rings. The van der Waals surface area contributed by atoms with Gasteiger partial charge < -0.3 is 10.1 Å². The van der Waals surface area contributed by atoms with E-state index in [-0.39, 0.29) is 5.82 Å². The molecule has 98 valence electrons. The van der Waals surface area contributed by atoms with Gasteiger partial charge in [-0.2, -0.15) is 11.8 Å². The van der Waals surface area contributed by atoms with Gasteiger partial charge in [0, 0.05) is 29.8 Å². The molecule has 1 rings (SSSR count). The summed E-state index contributed by atoms with van der Waals surface area (Å²) in [5.41, 5.74) is 0.728. The minimum atomic E-state index is -0.525. The van der Waals surface area contributed by atoms with Crippen molar-refractivity contribution in [3.8, 4) is 0 Å². The second-order valence-corrected chi connectivity index (χ2v) is 4.65. The average Bonchev–Trinajstić information content (AvgIpc) is 2.37. The van der Waals surface area contributed by atoms with Crippen LogP contribution in [0.1, 0.15) is 16.3 Å². The van der Waals surface area contributed by atoms with Crippen LogP contribution in [0.3, 0.4) is 0 Å². The van der Waals surface area contributed by atoms with E-state index in [1.165, 1.54) is 7.11 Å². The van der Waals surface area contributed by atoms with Gasteiger partial charge in [-0.3, -0.25) is 0 Å². The van der Waals surface area contributed by atoms with Crippen molar-refractivity contribution in [2.75, 3.05) is 30.5 Å². The number of ether oxygens (including phenoxy) is 1. The van der Waals surface area contributed by atoms with Crippen molar-refractivity contribution >= 4 is 23.5 Å². The molecule has 0 saturated heterocycles. The van der Waals surface area contributed by atoms with Crippen LogP contribution in [0.4, 0.5) is 5.82 Å². The molecule has 0 radical (unpaired) electrons. The van der Waals surface area contributed by atoms with Gasteiger partial charge in [-0.25, -0.2) is 14.8 Å². The van der Waals surface area contributed by atoms with Gasteiger partial charge in [-0.1, -0.05) is 6.08 Å². The third kappa shape index (κ3) is 4.75. The lowest BCUT2D eigenvalue weighted by molar-refractivity contribution is 0.0586. The number of aromatic nitrogens is 2. The van der Waals surface area contributed by atoms with Crippen LogP contribution in [0.25, 0.3) is 0 Å². The topological polar surface area (TPSA) is 64.1 Å². The van der Waals surface area contributed by atoms with Crippen molar-refractivity contribution < 1.29 is 9.53 Å². The number of hydrogen-bond donors (Lipinski definition) is 1. The maximum atomic E-state index is 11.3. The van der Waals surface area contributed by atoms with Crippen molar-refractivity contribution in [1.29, 1.82) is 0 Å². The highest BCUT2D eigenvalue weighted by molar-refractivity contribution is 7.99. The van der Waals surface area contributed by atoms with Crippen LogP contribution in [0.15, 0.2) is 18.7 Å².